The minimum Gasteiger partial charge on any atom is -0.480 e. The molecular weight excluding hydrogens is 464 g/mol. The average molecular weight is 485 g/mol. The van der Waals surface area contributed by atoms with Gasteiger partial charge in [-0.15, -0.1) is 22.7 Å². The number of sulfonamides is 1. The summed E-state index contributed by atoms with van der Waals surface area (Å²) in [6.45, 7) is 3.71. The predicted molar refractivity (Wildman–Crippen MR) is 127 cm³/mol. The fraction of sp³-hybridized carbons (Fsp3) is 0.217. The van der Waals surface area contributed by atoms with Crippen LogP contribution in [0.4, 0.5) is 0 Å². The van der Waals surface area contributed by atoms with Crippen LogP contribution >= 0.6 is 22.7 Å². The molecular formula is C23H20N2O4S3. The first kappa shape index (κ1) is 21.3. The Labute approximate surface area is 193 Å². The van der Waals surface area contributed by atoms with Crippen LogP contribution in [0.15, 0.2) is 64.9 Å². The SMILES string of the molecule is Cc1nc2cc(-c3ccc(S(=O)(=O)N[C@@]4(C(=O)O)C(C)[C@H]4c4ccccc4)s3)ccc2s1. The maximum atomic E-state index is 13.2. The van der Waals surface area contributed by atoms with Crippen molar-refractivity contribution in [2.24, 2.45) is 5.92 Å². The molecule has 1 unspecified atom stereocenters. The highest BCUT2D eigenvalue weighted by Crippen LogP contribution is 2.58. The third-order valence-corrected chi connectivity index (χ3v) is 10.1. The van der Waals surface area contributed by atoms with Gasteiger partial charge in [0.2, 0.25) is 0 Å². The van der Waals surface area contributed by atoms with E-state index in [0.717, 1.165) is 42.6 Å². The van der Waals surface area contributed by atoms with E-state index in [9.17, 15) is 18.3 Å². The second kappa shape index (κ2) is 7.48. The zero-order valence-electron chi connectivity index (χ0n) is 17.3. The lowest BCUT2D eigenvalue weighted by molar-refractivity contribution is -0.140. The summed E-state index contributed by atoms with van der Waals surface area (Å²) in [6, 6.07) is 18.3. The normalized spacial score (nSPS) is 22.8. The van der Waals surface area contributed by atoms with Crippen LogP contribution in [0.5, 0.6) is 0 Å². The molecule has 2 aromatic heterocycles. The summed E-state index contributed by atoms with van der Waals surface area (Å²) >= 11 is 2.73. The van der Waals surface area contributed by atoms with Gasteiger partial charge in [0.15, 0.2) is 0 Å². The number of hydrogen-bond acceptors (Lipinski definition) is 6. The number of carboxylic acids is 1. The highest BCUT2D eigenvalue weighted by Gasteiger charge is 2.70. The van der Waals surface area contributed by atoms with Gasteiger partial charge in [-0.3, -0.25) is 4.79 Å². The zero-order valence-corrected chi connectivity index (χ0v) is 19.7. The van der Waals surface area contributed by atoms with Gasteiger partial charge in [-0.05, 0) is 48.2 Å². The van der Waals surface area contributed by atoms with Crippen molar-refractivity contribution in [1.29, 1.82) is 0 Å². The number of carbonyl (C=O) groups is 1. The molecule has 3 atom stereocenters. The third-order valence-electron chi connectivity index (χ3n) is 6.04. The summed E-state index contributed by atoms with van der Waals surface area (Å²) in [4.78, 5) is 17.5. The Balaban J connectivity index is 1.46. The van der Waals surface area contributed by atoms with E-state index in [1.807, 2.05) is 55.5 Å². The number of benzene rings is 2. The van der Waals surface area contributed by atoms with Crippen molar-refractivity contribution < 1.29 is 18.3 Å². The number of thiophene rings is 1. The Morgan fingerprint density at radius 1 is 1.09 bits per heavy atom. The lowest BCUT2D eigenvalue weighted by atomic mass is 10.1. The maximum absolute atomic E-state index is 13.2. The van der Waals surface area contributed by atoms with Crippen molar-refractivity contribution in [3.8, 4) is 10.4 Å². The Morgan fingerprint density at radius 2 is 1.84 bits per heavy atom. The van der Waals surface area contributed by atoms with Crippen LogP contribution in [0.25, 0.3) is 20.7 Å². The Kier molecular flexibility index (Phi) is 4.97. The lowest BCUT2D eigenvalue weighted by Crippen LogP contribution is -2.45. The van der Waals surface area contributed by atoms with Gasteiger partial charge in [-0.25, -0.2) is 13.4 Å². The molecule has 0 spiro atoms. The van der Waals surface area contributed by atoms with Crippen LogP contribution in [-0.4, -0.2) is 30.0 Å². The van der Waals surface area contributed by atoms with Gasteiger partial charge in [0, 0.05) is 10.8 Å². The molecule has 5 rings (SSSR count). The number of fused-ring (bicyclic) bond motifs is 1. The number of thiazole rings is 1. The number of aryl methyl sites for hydroxylation is 1. The molecule has 1 fully saturated rings. The molecule has 0 aliphatic heterocycles. The van der Waals surface area contributed by atoms with Crippen molar-refractivity contribution in [1.82, 2.24) is 9.71 Å². The first-order valence-electron chi connectivity index (χ1n) is 10.0. The number of carboxylic acid groups (broad SMARTS) is 1. The van der Waals surface area contributed by atoms with Crippen LogP contribution in [0.2, 0.25) is 0 Å². The average Bonchev–Trinajstić information content (AvgIpc) is 3.11. The quantitative estimate of drug-likeness (QED) is 0.407. The summed E-state index contributed by atoms with van der Waals surface area (Å²) in [5, 5.41) is 10.9. The van der Waals surface area contributed by atoms with Gasteiger partial charge in [0.25, 0.3) is 10.0 Å². The van der Waals surface area contributed by atoms with E-state index in [1.54, 1.807) is 24.3 Å². The third kappa shape index (κ3) is 3.36. The number of aromatic nitrogens is 1. The van der Waals surface area contributed by atoms with Crippen LogP contribution in [0, 0.1) is 12.8 Å². The minimum atomic E-state index is -4.03. The topological polar surface area (TPSA) is 96.4 Å². The molecule has 2 aromatic carbocycles. The second-order valence-corrected chi connectivity index (χ2v) is 12.2. The summed E-state index contributed by atoms with van der Waals surface area (Å²) < 4.78 is 30.1. The van der Waals surface area contributed by atoms with Crippen molar-refractivity contribution in [2.45, 2.75) is 29.5 Å². The largest absolute Gasteiger partial charge is 0.480 e. The minimum absolute atomic E-state index is 0.0913. The molecule has 9 heteroatoms. The van der Waals surface area contributed by atoms with Gasteiger partial charge >= 0.3 is 5.97 Å². The van der Waals surface area contributed by atoms with Crippen molar-refractivity contribution in [3.05, 3.63) is 71.2 Å². The van der Waals surface area contributed by atoms with Crippen molar-refractivity contribution in [3.63, 3.8) is 0 Å². The van der Waals surface area contributed by atoms with E-state index >= 15 is 0 Å². The molecule has 6 nitrogen and oxygen atoms in total. The monoisotopic (exact) mass is 484 g/mol. The first-order valence-corrected chi connectivity index (χ1v) is 13.1. The van der Waals surface area contributed by atoms with Crippen molar-refractivity contribution in [2.75, 3.05) is 0 Å². The highest BCUT2D eigenvalue weighted by atomic mass is 32.2. The Morgan fingerprint density at radius 3 is 2.56 bits per heavy atom. The van der Waals surface area contributed by atoms with Gasteiger partial charge in [-0.2, -0.15) is 4.72 Å². The molecule has 0 bridgehead atoms. The molecule has 0 radical (unpaired) electrons. The van der Waals surface area contributed by atoms with Crippen LogP contribution in [0.1, 0.15) is 23.4 Å². The molecule has 32 heavy (non-hydrogen) atoms. The molecule has 2 heterocycles. The zero-order chi connectivity index (χ0) is 22.7. The number of aliphatic carboxylic acids is 1. The van der Waals surface area contributed by atoms with E-state index in [-0.39, 0.29) is 10.1 Å². The Hall–Kier alpha value is -2.59. The van der Waals surface area contributed by atoms with Gasteiger partial charge in [0.05, 0.1) is 15.2 Å². The standard InChI is InChI=1S/C23H20N2O4S3/c1-13-21(15-6-4-3-5-7-15)23(13,22(26)27)25-32(28,29)20-11-10-18(31-20)16-8-9-19-17(12-16)24-14(2)30-19/h3-13,21,25H,1-2H3,(H,26,27)/t13?,21-,23-/m0/s1. The Bertz CT molecular complexity index is 1440. The van der Waals surface area contributed by atoms with Crippen LogP contribution in [-0.2, 0) is 14.8 Å². The number of hydrogen-bond donors (Lipinski definition) is 2. The van der Waals surface area contributed by atoms with E-state index in [1.165, 1.54) is 6.07 Å². The summed E-state index contributed by atoms with van der Waals surface area (Å²) in [7, 11) is -4.03. The molecule has 1 saturated carbocycles. The van der Waals surface area contributed by atoms with Gasteiger partial charge in [-0.1, -0.05) is 43.3 Å². The summed E-state index contributed by atoms with van der Waals surface area (Å²) in [5.74, 6) is -1.96. The number of rotatable bonds is 6. The summed E-state index contributed by atoms with van der Waals surface area (Å²) in [6.07, 6.45) is 0. The lowest BCUT2D eigenvalue weighted by Gasteiger charge is -2.15. The molecule has 0 saturated heterocycles. The van der Waals surface area contributed by atoms with Crippen LogP contribution < -0.4 is 4.72 Å². The maximum Gasteiger partial charge on any atom is 0.325 e. The van der Waals surface area contributed by atoms with Crippen LogP contribution in [0.3, 0.4) is 0 Å². The molecule has 1 aliphatic rings. The molecule has 164 valence electrons. The van der Waals surface area contributed by atoms with Crippen molar-refractivity contribution >= 4 is 48.9 Å². The number of nitrogens with zero attached hydrogens (tertiary/aromatic N) is 1. The molecule has 2 N–H and O–H groups in total. The predicted octanol–water partition coefficient (Wildman–Crippen LogP) is 4.87. The van der Waals surface area contributed by atoms with E-state index in [4.69, 9.17) is 0 Å². The van der Waals surface area contributed by atoms with Gasteiger partial charge in [0.1, 0.15) is 9.75 Å². The molecule has 0 amide bonds. The molecule has 1 aliphatic carbocycles. The smallest absolute Gasteiger partial charge is 0.325 e. The number of nitrogens with one attached hydrogen (secondary N) is 1. The molecule has 4 aromatic rings. The fourth-order valence-corrected chi connectivity index (χ4v) is 7.96. The van der Waals surface area contributed by atoms with E-state index in [2.05, 4.69) is 9.71 Å². The second-order valence-electron chi connectivity index (χ2n) is 7.99. The van der Waals surface area contributed by atoms with Gasteiger partial charge < -0.3 is 5.11 Å². The first-order chi connectivity index (χ1) is 15.2. The highest BCUT2D eigenvalue weighted by molar-refractivity contribution is 7.91. The summed E-state index contributed by atoms with van der Waals surface area (Å²) in [5.41, 5.74) is 1.01. The fourth-order valence-electron chi connectivity index (χ4n) is 4.39. The van der Waals surface area contributed by atoms with E-state index < -0.39 is 27.4 Å². The van der Waals surface area contributed by atoms with E-state index in [0.29, 0.717) is 0 Å².